The van der Waals surface area contributed by atoms with Gasteiger partial charge in [0.1, 0.15) is 11.5 Å². The average molecular weight is 489 g/mol. The number of hydrogen-bond acceptors (Lipinski definition) is 5. The molecule has 0 saturated carbocycles. The summed E-state index contributed by atoms with van der Waals surface area (Å²) in [7, 11) is 1.70. The Morgan fingerprint density at radius 1 is 0.944 bits per heavy atom. The van der Waals surface area contributed by atoms with Gasteiger partial charge < -0.3 is 25.2 Å². The van der Waals surface area contributed by atoms with E-state index in [-0.39, 0.29) is 5.97 Å². The fraction of sp³-hybridized carbons (Fsp3) is 0.276. The standard InChI is InChI=1S/C17H22N2O.C12H14N2O2/c1-4-9-19(10-5-2)11-8-14-13-18-17-7-6-15(20-3)12-16(14)17;1-8(15)16-10-2-3-12-11(6-10)9(4-5-13)7-14-12/h4-7,12-13,18H,1-2,8-11H2,3H3;2-3,6-7,14H,4-5,13H2,1H3. The number of aromatic nitrogens is 2. The molecule has 2 aromatic heterocycles. The summed E-state index contributed by atoms with van der Waals surface area (Å²) in [5.41, 5.74) is 10.2. The maximum absolute atomic E-state index is 10.8. The van der Waals surface area contributed by atoms with Crippen LogP contribution in [0.2, 0.25) is 0 Å². The van der Waals surface area contributed by atoms with Gasteiger partial charge in [-0.3, -0.25) is 9.69 Å². The summed E-state index contributed by atoms with van der Waals surface area (Å²) < 4.78 is 10.3. The van der Waals surface area contributed by atoms with Crippen LogP contribution in [0.25, 0.3) is 21.8 Å². The van der Waals surface area contributed by atoms with Crippen LogP contribution in [-0.4, -0.2) is 54.1 Å². The molecule has 36 heavy (non-hydrogen) atoms. The predicted molar refractivity (Wildman–Crippen MR) is 148 cm³/mol. The summed E-state index contributed by atoms with van der Waals surface area (Å²) in [6.07, 6.45) is 9.70. The molecule has 7 nitrogen and oxygen atoms in total. The van der Waals surface area contributed by atoms with E-state index in [1.165, 1.54) is 17.9 Å². The minimum atomic E-state index is -0.310. The number of aromatic amines is 2. The number of fused-ring (bicyclic) bond motifs is 2. The summed E-state index contributed by atoms with van der Waals surface area (Å²) >= 11 is 0. The summed E-state index contributed by atoms with van der Waals surface area (Å²) in [5, 5.41) is 2.30. The van der Waals surface area contributed by atoms with E-state index in [0.29, 0.717) is 12.3 Å². The largest absolute Gasteiger partial charge is 0.497 e. The Kier molecular flexibility index (Phi) is 9.92. The molecule has 7 heteroatoms. The highest BCUT2D eigenvalue weighted by molar-refractivity contribution is 5.86. The number of H-pyrrole nitrogens is 2. The minimum absolute atomic E-state index is 0.310. The van der Waals surface area contributed by atoms with Crippen molar-refractivity contribution in [1.82, 2.24) is 14.9 Å². The lowest BCUT2D eigenvalue weighted by Crippen LogP contribution is -2.26. The highest BCUT2D eigenvalue weighted by Crippen LogP contribution is 2.25. The lowest BCUT2D eigenvalue weighted by Gasteiger charge is -2.18. The third-order valence-electron chi connectivity index (χ3n) is 5.86. The van der Waals surface area contributed by atoms with E-state index < -0.39 is 0 Å². The molecule has 4 rings (SSSR count). The molecule has 0 radical (unpaired) electrons. The van der Waals surface area contributed by atoms with Crippen LogP contribution < -0.4 is 15.2 Å². The molecule has 0 aliphatic carbocycles. The van der Waals surface area contributed by atoms with Crippen LogP contribution in [0.1, 0.15) is 18.1 Å². The van der Waals surface area contributed by atoms with Gasteiger partial charge in [0.15, 0.2) is 0 Å². The number of carbonyl (C=O) groups is 1. The maximum Gasteiger partial charge on any atom is 0.308 e. The number of benzene rings is 2. The molecule has 0 atom stereocenters. The van der Waals surface area contributed by atoms with Gasteiger partial charge in [-0.2, -0.15) is 0 Å². The third-order valence-corrected chi connectivity index (χ3v) is 5.86. The molecule has 0 saturated heterocycles. The number of carbonyl (C=O) groups excluding carboxylic acids is 1. The quantitative estimate of drug-likeness (QED) is 0.157. The summed E-state index contributed by atoms with van der Waals surface area (Å²) in [5.74, 6) is 1.15. The van der Waals surface area contributed by atoms with Crippen LogP contribution in [0, 0.1) is 0 Å². The highest BCUT2D eigenvalue weighted by Gasteiger charge is 2.08. The molecule has 0 fully saturated rings. The molecule has 0 aliphatic heterocycles. The lowest BCUT2D eigenvalue weighted by molar-refractivity contribution is -0.131. The minimum Gasteiger partial charge on any atom is -0.497 e. The van der Waals surface area contributed by atoms with E-state index in [1.54, 1.807) is 13.2 Å². The van der Waals surface area contributed by atoms with Crippen LogP contribution >= 0.6 is 0 Å². The normalized spacial score (nSPS) is 10.8. The van der Waals surface area contributed by atoms with Crippen molar-refractivity contribution >= 4 is 27.8 Å². The van der Waals surface area contributed by atoms with Crippen molar-refractivity contribution in [3.8, 4) is 11.5 Å². The van der Waals surface area contributed by atoms with E-state index >= 15 is 0 Å². The number of nitrogens with one attached hydrogen (secondary N) is 2. The van der Waals surface area contributed by atoms with E-state index in [9.17, 15) is 4.79 Å². The Labute approximate surface area is 212 Å². The third kappa shape index (κ3) is 7.10. The molecule has 2 heterocycles. The molecule has 190 valence electrons. The van der Waals surface area contributed by atoms with Gasteiger partial charge in [-0.1, -0.05) is 12.2 Å². The summed E-state index contributed by atoms with van der Waals surface area (Å²) in [4.78, 5) is 19.6. The molecule has 0 spiro atoms. The fourth-order valence-electron chi connectivity index (χ4n) is 4.14. The summed E-state index contributed by atoms with van der Waals surface area (Å²) in [6, 6.07) is 11.7. The van der Waals surface area contributed by atoms with Crippen molar-refractivity contribution in [2.24, 2.45) is 5.73 Å². The molecule has 0 amide bonds. The summed E-state index contributed by atoms with van der Waals surface area (Å²) in [6.45, 7) is 12.4. The number of methoxy groups -OCH3 is 1. The molecule has 4 aromatic rings. The van der Waals surface area contributed by atoms with Crippen LogP contribution in [0.15, 0.2) is 74.1 Å². The molecular weight excluding hydrogens is 452 g/mol. The Balaban J connectivity index is 0.000000205. The predicted octanol–water partition coefficient (Wildman–Crippen LogP) is 4.99. The van der Waals surface area contributed by atoms with E-state index in [0.717, 1.165) is 60.2 Å². The Morgan fingerprint density at radius 2 is 1.50 bits per heavy atom. The zero-order valence-electron chi connectivity index (χ0n) is 21.2. The smallest absolute Gasteiger partial charge is 0.308 e. The van der Waals surface area contributed by atoms with Gasteiger partial charge in [0.25, 0.3) is 0 Å². The molecule has 0 unspecified atom stereocenters. The van der Waals surface area contributed by atoms with Gasteiger partial charge in [-0.05, 0) is 66.9 Å². The van der Waals surface area contributed by atoms with Crippen molar-refractivity contribution in [3.05, 3.63) is 85.2 Å². The Bertz CT molecular complexity index is 1290. The average Bonchev–Trinajstić information content (AvgIpc) is 3.46. The van der Waals surface area contributed by atoms with Gasteiger partial charge in [0.05, 0.1) is 7.11 Å². The van der Waals surface area contributed by atoms with Gasteiger partial charge >= 0.3 is 5.97 Å². The first kappa shape index (κ1) is 26.8. The van der Waals surface area contributed by atoms with Crippen LogP contribution in [-0.2, 0) is 17.6 Å². The SMILES string of the molecule is C=CCN(CC=C)CCc1c[nH]c2ccc(OC)cc12.CC(=O)Oc1ccc2[nH]cc(CCN)c2c1. The van der Waals surface area contributed by atoms with Crippen LogP contribution in [0.5, 0.6) is 11.5 Å². The first-order valence-electron chi connectivity index (χ1n) is 12.1. The van der Waals surface area contributed by atoms with Gasteiger partial charge in [-0.15, -0.1) is 13.2 Å². The van der Waals surface area contributed by atoms with Crippen LogP contribution in [0.3, 0.4) is 0 Å². The van der Waals surface area contributed by atoms with Gasteiger partial charge in [0.2, 0.25) is 0 Å². The van der Waals surface area contributed by atoms with Crippen molar-refractivity contribution in [3.63, 3.8) is 0 Å². The zero-order valence-corrected chi connectivity index (χ0v) is 21.2. The van der Waals surface area contributed by atoms with Crippen molar-refractivity contribution < 1.29 is 14.3 Å². The zero-order chi connectivity index (χ0) is 25.9. The first-order chi connectivity index (χ1) is 17.5. The maximum atomic E-state index is 10.8. The fourth-order valence-corrected chi connectivity index (χ4v) is 4.14. The van der Waals surface area contributed by atoms with E-state index in [4.69, 9.17) is 15.2 Å². The molecule has 4 N–H and O–H groups in total. The van der Waals surface area contributed by atoms with E-state index in [2.05, 4.69) is 46.4 Å². The van der Waals surface area contributed by atoms with Crippen molar-refractivity contribution in [2.75, 3.05) is 33.3 Å². The molecular formula is C29H36N4O3. The Hall–Kier alpha value is -3.81. The second-order valence-corrected chi connectivity index (χ2v) is 8.47. The van der Waals surface area contributed by atoms with Crippen molar-refractivity contribution in [2.45, 2.75) is 19.8 Å². The number of nitrogens with zero attached hydrogens (tertiary/aromatic N) is 1. The molecule has 0 aliphatic rings. The number of hydrogen-bond donors (Lipinski definition) is 3. The monoisotopic (exact) mass is 488 g/mol. The van der Waals surface area contributed by atoms with Crippen molar-refractivity contribution in [1.29, 1.82) is 0 Å². The number of rotatable bonds is 11. The second kappa shape index (κ2) is 13.3. The number of ether oxygens (including phenoxy) is 2. The topological polar surface area (TPSA) is 96.4 Å². The van der Waals surface area contributed by atoms with Crippen LogP contribution in [0.4, 0.5) is 0 Å². The Morgan fingerprint density at radius 3 is 2.03 bits per heavy atom. The van der Waals surface area contributed by atoms with Gasteiger partial charge in [-0.25, -0.2) is 0 Å². The van der Waals surface area contributed by atoms with Gasteiger partial charge in [0, 0.05) is 60.8 Å². The second-order valence-electron chi connectivity index (χ2n) is 8.47. The van der Waals surface area contributed by atoms with E-state index in [1.807, 2.05) is 36.5 Å². The number of nitrogens with two attached hydrogens (primary N) is 1. The first-order valence-corrected chi connectivity index (χ1v) is 12.1. The lowest BCUT2D eigenvalue weighted by atomic mass is 10.1. The number of esters is 1. The molecule has 2 aromatic carbocycles. The highest BCUT2D eigenvalue weighted by atomic mass is 16.5. The molecule has 0 bridgehead atoms.